The third-order valence-corrected chi connectivity index (χ3v) is 2.58. The number of nitrogens with zero attached hydrogens (tertiary/aromatic N) is 3. The van der Waals surface area contributed by atoms with E-state index in [2.05, 4.69) is 25.5 Å². The number of hydrogen-bond donors (Lipinski definition) is 2. The van der Waals surface area contributed by atoms with Gasteiger partial charge in [-0.05, 0) is 25.5 Å². The number of imidazole rings is 1. The number of H-pyrrole nitrogens is 1. The molecule has 5 heteroatoms. The third-order valence-electron chi connectivity index (χ3n) is 2.58. The average molecular weight is 189 g/mol. The first kappa shape index (κ1) is 7.87. The summed E-state index contributed by atoms with van der Waals surface area (Å²) in [4.78, 5) is 7.66. The van der Waals surface area contributed by atoms with Gasteiger partial charge in [0.15, 0.2) is 5.65 Å². The summed E-state index contributed by atoms with van der Waals surface area (Å²) in [6, 6.07) is 2.26. The van der Waals surface area contributed by atoms with E-state index >= 15 is 0 Å². The van der Waals surface area contributed by atoms with Gasteiger partial charge in [-0.15, -0.1) is 5.10 Å². The Kier molecular flexibility index (Phi) is 1.70. The van der Waals surface area contributed by atoms with Crippen LogP contribution in [0.25, 0.3) is 11.2 Å². The summed E-state index contributed by atoms with van der Waals surface area (Å²) in [7, 11) is 0. The van der Waals surface area contributed by atoms with Crippen molar-refractivity contribution in [3.05, 3.63) is 18.1 Å². The molecule has 0 radical (unpaired) electrons. The Hall–Kier alpha value is -1.49. The second-order valence-corrected chi connectivity index (χ2v) is 3.54. The van der Waals surface area contributed by atoms with Crippen LogP contribution in [0.1, 0.15) is 24.7 Å². The lowest BCUT2D eigenvalue weighted by atomic mass is 10.2. The van der Waals surface area contributed by atoms with E-state index in [1.807, 2.05) is 6.07 Å². The Morgan fingerprint density at radius 3 is 3.21 bits per heavy atom. The smallest absolute Gasteiger partial charge is 0.199 e. The Bertz CT molecular complexity index is 410. The quantitative estimate of drug-likeness (QED) is 0.695. The molecule has 3 rings (SSSR count). The van der Waals surface area contributed by atoms with Crippen LogP contribution in [0.2, 0.25) is 0 Å². The molecular weight excluding hydrogens is 178 g/mol. The van der Waals surface area contributed by atoms with Gasteiger partial charge < -0.3 is 10.3 Å². The molecule has 0 aromatic carbocycles. The predicted molar refractivity (Wildman–Crippen MR) is 51.7 cm³/mol. The maximum atomic E-state index is 4.40. The largest absolute Gasteiger partial charge is 0.339 e. The van der Waals surface area contributed by atoms with Crippen molar-refractivity contribution in [1.29, 1.82) is 0 Å². The van der Waals surface area contributed by atoms with Gasteiger partial charge >= 0.3 is 0 Å². The first-order valence-corrected chi connectivity index (χ1v) is 4.84. The fourth-order valence-electron chi connectivity index (χ4n) is 1.87. The number of aromatic amines is 1. The van der Waals surface area contributed by atoms with Crippen molar-refractivity contribution in [1.82, 2.24) is 25.5 Å². The molecule has 2 N–H and O–H groups in total. The Labute approximate surface area is 81.0 Å². The van der Waals surface area contributed by atoms with Gasteiger partial charge in [0.05, 0.1) is 17.8 Å². The van der Waals surface area contributed by atoms with Crippen LogP contribution in [0.15, 0.2) is 12.3 Å². The van der Waals surface area contributed by atoms with Crippen LogP contribution < -0.4 is 5.32 Å². The molecule has 1 aliphatic heterocycles. The molecule has 3 heterocycles. The predicted octanol–water partition coefficient (Wildman–Crippen LogP) is 0.777. The second-order valence-electron chi connectivity index (χ2n) is 3.54. The van der Waals surface area contributed by atoms with Crippen molar-refractivity contribution < 1.29 is 0 Å². The molecule has 1 saturated heterocycles. The zero-order valence-corrected chi connectivity index (χ0v) is 7.70. The van der Waals surface area contributed by atoms with E-state index in [9.17, 15) is 0 Å². The first-order valence-electron chi connectivity index (χ1n) is 4.84. The summed E-state index contributed by atoms with van der Waals surface area (Å²) >= 11 is 0. The summed E-state index contributed by atoms with van der Waals surface area (Å²) in [5.41, 5.74) is 1.67. The van der Waals surface area contributed by atoms with Gasteiger partial charge in [-0.2, -0.15) is 5.10 Å². The number of fused-ring (bicyclic) bond motifs is 1. The van der Waals surface area contributed by atoms with Gasteiger partial charge in [-0.25, -0.2) is 4.98 Å². The molecule has 0 unspecified atom stereocenters. The van der Waals surface area contributed by atoms with Gasteiger partial charge in [0.2, 0.25) is 0 Å². The van der Waals surface area contributed by atoms with Crippen molar-refractivity contribution in [2.45, 2.75) is 18.9 Å². The summed E-state index contributed by atoms with van der Waals surface area (Å²) in [5, 5.41) is 11.1. The molecule has 0 saturated carbocycles. The van der Waals surface area contributed by atoms with Crippen LogP contribution in [0.4, 0.5) is 0 Å². The molecule has 72 valence electrons. The topological polar surface area (TPSA) is 66.5 Å². The van der Waals surface area contributed by atoms with E-state index in [0.717, 1.165) is 24.3 Å². The molecule has 2 aromatic heterocycles. The number of rotatable bonds is 1. The Morgan fingerprint density at radius 2 is 2.43 bits per heavy atom. The van der Waals surface area contributed by atoms with Crippen molar-refractivity contribution >= 4 is 11.2 Å². The molecule has 1 atom stereocenters. The number of nitrogens with one attached hydrogen (secondary N) is 2. The van der Waals surface area contributed by atoms with Crippen LogP contribution in [-0.2, 0) is 0 Å². The van der Waals surface area contributed by atoms with Crippen molar-refractivity contribution in [3.63, 3.8) is 0 Å². The average Bonchev–Trinajstić information content (AvgIpc) is 2.86. The minimum absolute atomic E-state index is 0.365. The van der Waals surface area contributed by atoms with Gasteiger partial charge in [-0.1, -0.05) is 0 Å². The number of aromatic nitrogens is 4. The second kappa shape index (κ2) is 3.02. The lowest BCUT2D eigenvalue weighted by molar-refractivity contribution is 0.614. The Balaban J connectivity index is 2.05. The lowest BCUT2D eigenvalue weighted by Crippen LogP contribution is -2.14. The molecule has 0 aliphatic carbocycles. The maximum Gasteiger partial charge on any atom is 0.199 e. The molecule has 2 aromatic rings. The minimum Gasteiger partial charge on any atom is -0.339 e. The van der Waals surface area contributed by atoms with E-state index in [0.29, 0.717) is 11.7 Å². The van der Waals surface area contributed by atoms with E-state index in [4.69, 9.17) is 0 Å². The SMILES string of the molecule is c1cc2[nH]c([C@@H]3CCCN3)nc2nn1. The molecule has 1 aliphatic rings. The molecule has 0 amide bonds. The van der Waals surface area contributed by atoms with Crippen LogP contribution in [0.3, 0.4) is 0 Å². The molecule has 0 spiro atoms. The van der Waals surface area contributed by atoms with Crippen molar-refractivity contribution in [3.8, 4) is 0 Å². The fourth-order valence-corrected chi connectivity index (χ4v) is 1.87. The highest BCUT2D eigenvalue weighted by atomic mass is 15.2. The standard InChI is InChI=1S/C9H11N5/c1-2-6(10-4-1)8-12-7-3-5-11-14-9(7)13-8/h3,5-6,10H,1-2,4H2,(H,12,13,14)/t6-/m0/s1. The Morgan fingerprint density at radius 1 is 1.43 bits per heavy atom. The highest BCUT2D eigenvalue weighted by Gasteiger charge is 2.19. The summed E-state index contributed by atoms with van der Waals surface area (Å²) in [6.07, 6.45) is 4.03. The normalized spacial score (nSPS) is 21.9. The lowest BCUT2D eigenvalue weighted by Gasteiger charge is -2.04. The summed E-state index contributed by atoms with van der Waals surface area (Å²) in [5.74, 6) is 0.984. The van der Waals surface area contributed by atoms with Crippen LogP contribution in [0, 0.1) is 0 Å². The highest BCUT2D eigenvalue weighted by Crippen LogP contribution is 2.21. The van der Waals surface area contributed by atoms with Gasteiger partial charge in [0, 0.05) is 0 Å². The molecule has 1 fully saturated rings. The van der Waals surface area contributed by atoms with E-state index in [1.165, 1.54) is 6.42 Å². The molecule has 14 heavy (non-hydrogen) atoms. The summed E-state index contributed by atoms with van der Waals surface area (Å²) in [6.45, 7) is 1.08. The third kappa shape index (κ3) is 1.17. The van der Waals surface area contributed by atoms with Crippen molar-refractivity contribution in [2.75, 3.05) is 6.54 Å². The zero-order valence-electron chi connectivity index (χ0n) is 7.70. The first-order chi connectivity index (χ1) is 6.93. The zero-order chi connectivity index (χ0) is 9.38. The van der Waals surface area contributed by atoms with Crippen LogP contribution in [0.5, 0.6) is 0 Å². The van der Waals surface area contributed by atoms with E-state index in [1.54, 1.807) is 6.20 Å². The van der Waals surface area contributed by atoms with Gasteiger partial charge in [0.25, 0.3) is 0 Å². The van der Waals surface area contributed by atoms with E-state index < -0.39 is 0 Å². The highest BCUT2D eigenvalue weighted by molar-refractivity contribution is 5.69. The monoisotopic (exact) mass is 189 g/mol. The molecular formula is C9H11N5. The molecule has 5 nitrogen and oxygen atoms in total. The van der Waals surface area contributed by atoms with Crippen LogP contribution in [-0.4, -0.2) is 26.7 Å². The molecule has 0 bridgehead atoms. The summed E-state index contributed by atoms with van der Waals surface area (Å²) < 4.78 is 0. The van der Waals surface area contributed by atoms with Gasteiger partial charge in [-0.3, -0.25) is 0 Å². The van der Waals surface area contributed by atoms with E-state index in [-0.39, 0.29) is 0 Å². The minimum atomic E-state index is 0.365. The maximum absolute atomic E-state index is 4.40. The van der Waals surface area contributed by atoms with Gasteiger partial charge in [0.1, 0.15) is 5.82 Å². The number of hydrogen-bond acceptors (Lipinski definition) is 4. The fraction of sp³-hybridized carbons (Fsp3) is 0.444. The van der Waals surface area contributed by atoms with Crippen molar-refractivity contribution in [2.24, 2.45) is 0 Å². The van der Waals surface area contributed by atoms with Crippen LogP contribution >= 0.6 is 0 Å².